The lowest BCUT2D eigenvalue weighted by molar-refractivity contribution is 0.0361. The van der Waals surface area contributed by atoms with Crippen LogP contribution in [0.25, 0.3) is 0 Å². The minimum Gasteiger partial charge on any atom is -0.389 e. The van der Waals surface area contributed by atoms with E-state index < -0.39 is 0 Å². The molecule has 0 heterocycles. The normalized spacial score (nSPS) is 17.2. The van der Waals surface area contributed by atoms with Crippen LogP contribution in [-0.2, 0) is 4.74 Å². The minimum absolute atomic E-state index is 0.371. The van der Waals surface area contributed by atoms with E-state index in [0.29, 0.717) is 13.2 Å². The summed E-state index contributed by atoms with van der Waals surface area (Å²) in [6.45, 7) is 4.96. The van der Waals surface area contributed by atoms with Crippen molar-refractivity contribution < 1.29 is 9.84 Å². The topological polar surface area (TPSA) is 41.5 Å². The van der Waals surface area contributed by atoms with E-state index in [1.165, 1.54) is 19.3 Å². The zero-order valence-electron chi connectivity index (χ0n) is 11.1. The third kappa shape index (κ3) is 7.53. The molecule has 1 aliphatic rings. The Morgan fingerprint density at radius 3 is 3.12 bits per heavy atom. The molecule has 3 nitrogen and oxygen atoms in total. The standard InChI is InChI=1S/C14H27NO2/c1-2-3-10-17-12-14(16)11-15-9-8-13-6-4-5-7-13/h6,14-16H,2-5,7-12H2,1H3. The molecule has 0 fully saturated rings. The molecule has 3 heteroatoms. The van der Waals surface area contributed by atoms with Gasteiger partial charge in [0.25, 0.3) is 0 Å². The van der Waals surface area contributed by atoms with E-state index in [0.717, 1.165) is 32.4 Å². The van der Waals surface area contributed by atoms with Crippen LogP contribution in [0.4, 0.5) is 0 Å². The number of unbranched alkanes of at least 4 members (excludes halogenated alkanes) is 1. The van der Waals surface area contributed by atoms with Gasteiger partial charge >= 0.3 is 0 Å². The predicted octanol–water partition coefficient (Wildman–Crippen LogP) is 2.25. The lowest BCUT2D eigenvalue weighted by Gasteiger charge is -2.12. The van der Waals surface area contributed by atoms with Gasteiger partial charge in [0.05, 0.1) is 12.7 Å². The first-order valence-corrected chi connectivity index (χ1v) is 6.97. The fraction of sp³-hybridized carbons (Fsp3) is 0.857. The highest BCUT2D eigenvalue weighted by molar-refractivity contribution is 5.07. The molecule has 1 aliphatic carbocycles. The van der Waals surface area contributed by atoms with Crippen molar-refractivity contribution in [2.45, 2.75) is 51.6 Å². The Bertz CT molecular complexity index is 216. The third-order valence-corrected chi connectivity index (χ3v) is 3.09. The van der Waals surface area contributed by atoms with Crippen molar-refractivity contribution >= 4 is 0 Å². The Labute approximate surface area is 105 Å². The highest BCUT2D eigenvalue weighted by atomic mass is 16.5. The molecule has 0 aliphatic heterocycles. The number of allylic oxidation sites excluding steroid dienone is 1. The second kappa shape index (κ2) is 9.63. The number of hydrogen-bond acceptors (Lipinski definition) is 3. The van der Waals surface area contributed by atoms with Gasteiger partial charge in [0.1, 0.15) is 0 Å². The van der Waals surface area contributed by atoms with Gasteiger partial charge in [-0.3, -0.25) is 0 Å². The fourth-order valence-electron chi connectivity index (χ4n) is 2.01. The Kier molecular flexibility index (Phi) is 8.32. The zero-order chi connectivity index (χ0) is 12.3. The number of rotatable bonds is 10. The Morgan fingerprint density at radius 2 is 2.41 bits per heavy atom. The van der Waals surface area contributed by atoms with Crippen molar-refractivity contribution in [3.05, 3.63) is 11.6 Å². The lowest BCUT2D eigenvalue weighted by atomic mass is 10.2. The van der Waals surface area contributed by atoms with Crippen molar-refractivity contribution in [2.24, 2.45) is 0 Å². The van der Waals surface area contributed by atoms with Gasteiger partial charge in [0.2, 0.25) is 0 Å². The summed E-state index contributed by atoms with van der Waals surface area (Å²) in [4.78, 5) is 0. The summed E-state index contributed by atoms with van der Waals surface area (Å²) in [5.74, 6) is 0. The van der Waals surface area contributed by atoms with Gasteiger partial charge in [-0.2, -0.15) is 0 Å². The maximum absolute atomic E-state index is 9.64. The van der Waals surface area contributed by atoms with Crippen molar-refractivity contribution in [1.82, 2.24) is 5.32 Å². The molecule has 1 unspecified atom stereocenters. The molecule has 0 aromatic carbocycles. The molecule has 0 saturated carbocycles. The van der Waals surface area contributed by atoms with Crippen LogP contribution in [0.2, 0.25) is 0 Å². The summed E-state index contributed by atoms with van der Waals surface area (Å²) < 4.78 is 5.36. The van der Waals surface area contributed by atoms with Crippen LogP contribution in [0.5, 0.6) is 0 Å². The highest BCUT2D eigenvalue weighted by Crippen LogP contribution is 2.19. The van der Waals surface area contributed by atoms with Crippen LogP contribution in [-0.4, -0.2) is 37.5 Å². The smallest absolute Gasteiger partial charge is 0.0897 e. The summed E-state index contributed by atoms with van der Waals surface area (Å²) in [5, 5.41) is 12.9. The quantitative estimate of drug-likeness (QED) is 0.455. The Hall–Kier alpha value is -0.380. The van der Waals surface area contributed by atoms with Gasteiger partial charge in [-0.1, -0.05) is 25.0 Å². The molecule has 0 radical (unpaired) electrons. The predicted molar refractivity (Wildman–Crippen MR) is 71.2 cm³/mol. The second-order valence-corrected chi connectivity index (χ2v) is 4.79. The number of ether oxygens (including phenoxy) is 1. The van der Waals surface area contributed by atoms with E-state index in [4.69, 9.17) is 4.74 Å². The number of hydrogen-bond donors (Lipinski definition) is 2. The number of aliphatic hydroxyl groups is 1. The summed E-state index contributed by atoms with van der Waals surface area (Å²) in [5.41, 5.74) is 1.58. The van der Waals surface area contributed by atoms with Gasteiger partial charge in [0.15, 0.2) is 0 Å². The molecule has 0 saturated heterocycles. The van der Waals surface area contributed by atoms with Crippen LogP contribution in [0, 0.1) is 0 Å². The van der Waals surface area contributed by atoms with E-state index in [2.05, 4.69) is 18.3 Å². The van der Waals surface area contributed by atoms with Gasteiger partial charge < -0.3 is 15.2 Å². The van der Waals surface area contributed by atoms with Crippen molar-refractivity contribution in [2.75, 3.05) is 26.3 Å². The lowest BCUT2D eigenvalue weighted by Crippen LogP contribution is -2.31. The van der Waals surface area contributed by atoms with Gasteiger partial charge in [-0.15, -0.1) is 0 Å². The summed E-state index contributed by atoms with van der Waals surface area (Å²) >= 11 is 0. The van der Waals surface area contributed by atoms with Crippen molar-refractivity contribution in [1.29, 1.82) is 0 Å². The zero-order valence-corrected chi connectivity index (χ0v) is 11.1. The first-order chi connectivity index (χ1) is 8.33. The van der Waals surface area contributed by atoms with Crippen LogP contribution in [0.1, 0.15) is 45.4 Å². The molecule has 0 amide bonds. The monoisotopic (exact) mass is 241 g/mol. The second-order valence-electron chi connectivity index (χ2n) is 4.79. The molecule has 2 N–H and O–H groups in total. The summed E-state index contributed by atoms with van der Waals surface area (Å²) in [7, 11) is 0. The fourth-order valence-corrected chi connectivity index (χ4v) is 2.01. The number of nitrogens with one attached hydrogen (secondary N) is 1. The van der Waals surface area contributed by atoms with Gasteiger partial charge in [-0.25, -0.2) is 0 Å². The molecular weight excluding hydrogens is 214 g/mol. The average Bonchev–Trinajstić information content (AvgIpc) is 2.83. The van der Waals surface area contributed by atoms with Crippen molar-refractivity contribution in [3.63, 3.8) is 0 Å². The highest BCUT2D eigenvalue weighted by Gasteiger charge is 2.05. The molecular formula is C14H27NO2. The van der Waals surface area contributed by atoms with Crippen LogP contribution >= 0.6 is 0 Å². The molecule has 1 atom stereocenters. The van der Waals surface area contributed by atoms with E-state index in [1.807, 2.05) is 0 Å². The maximum atomic E-state index is 9.64. The van der Waals surface area contributed by atoms with E-state index in [-0.39, 0.29) is 6.10 Å². The maximum Gasteiger partial charge on any atom is 0.0897 e. The minimum atomic E-state index is -0.371. The summed E-state index contributed by atoms with van der Waals surface area (Å²) in [6.07, 6.45) is 9.17. The molecule has 0 aromatic heterocycles. The van der Waals surface area contributed by atoms with Gasteiger partial charge in [-0.05, 0) is 38.6 Å². The molecule has 0 spiro atoms. The van der Waals surface area contributed by atoms with Crippen LogP contribution in [0.15, 0.2) is 11.6 Å². The molecule has 1 rings (SSSR count). The number of aliphatic hydroxyl groups excluding tert-OH is 1. The molecule has 0 bridgehead atoms. The first kappa shape index (κ1) is 14.7. The molecule has 100 valence electrons. The van der Waals surface area contributed by atoms with E-state index in [1.54, 1.807) is 5.57 Å². The third-order valence-electron chi connectivity index (χ3n) is 3.09. The SMILES string of the molecule is CCCCOCC(O)CNCCC1=CCCC1. The Morgan fingerprint density at radius 1 is 1.53 bits per heavy atom. The summed E-state index contributed by atoms with van der Waals surface area (Å²) in [6, 6.07) is 0. The molecule has 0 aromatic rings. The Balaban J connectivity index is 1.87. The van der Waals surface area contributed by atoms with Crippen molar-refractivity contribution in [3.8, 4) is 0 Å². The van der Waals surface area contributed by atoms with E-state index in [9.17, 15) is 5.11 Å². The largest absolute Gasteiger partial charge is 0.389 e. The molecule has 17 heavy (non-hydrogen) atoms. The average molecular weight is 241 g/mol. The van der Waals surface area contributed by atoms with Crippen LogP contribution < -0.4 is 5.32 Å². The van der Waals surface area contributed by atoms with Gasteiger partial charge in [0, 0.05) is 13.2 Å². The van der Waals surface area contributed by atoms with Crippen LogP contribution in [0.3, 0.4) is 0 Å². The van der Waals surface area contributed by atoms with E-state index >= 15 is 0 Å². The first-order valence-electron chi connectivity index (χ1n) is 6.97.